The first kappa shape index (κ1) is 20.5. The number of carbonyl (C=O) groups is 3. The number of amides is 3. The summed E-state index contributed by atoms with van der Waals surface area (Å²) in [7, 11) is 0. The fourth-order valence-electron chi connectivity index (χ4n) is 3.13. The van der Waals surface area contributed by atoms with Gasteiger partial charge in [0.15, 0.2) is 0 Å². The number of nitrogens with zero attached hydrogens (tertiary/aromatic N) is 4. The summed E-state index contributed by atoms with van der Waals surface area (Å²) in [4.78, 5) is 37.6. The summed E-state index contributed by atoms with van der Waals surface area (Å²) >= 11 is 1.61. The van der Waals surface area contributed by atoms with Crippen LogP contribution in [0, 0.1) is 0 Å². The van der Waals surface area contributed by atoms with Gasteiger partial charge in [0.2, 0.25) is 5.91 Å². The highest BCUT2D eigenvalue weighted by molar-refractivity contribution is 7.98. The van der Waals surface area contributed by atoms with Crippen LogP contribution in [0.3, 0.4) is 0 Å². The number of tetrazole rings is 1. The smallest absolute Gasteiger partial charge is 0.255 e. The number of hydrogen-bond acceptors (Lipinski definition) is 7. The van der Waals surface area contributed by atoms with Gasteiger partial charge in [-0.1, -0.05) is 0 Å². The second kappa shape index (κ2) is 8.96. The molecule has 3 N–H and O–H groups in total. The summed E-state index contributed by atoms with van der Waals surface area (Å²) in [5.41, 5.74) is 2.31. The lowest BCUT2D eigenvalue weighted by atomic mass is 10.1. The van der Waals surface area contributed by atoms with E-state index in [1.807, 2.05) is 6.26 Å². The molecule has 31 heavy (non-hydrogen) atoms. The molecule has 0 radical (unpaired) electrons. The highest BCUT2D eigenvalue weighted by Gasteiger charge is 2.27. The fourth-order valence-corrected chi connectivity index (χ4v) is 3.60. The number of carbonyl (C=O) groups excluding carboxylic acids is 3. The summed E-state index contributed by atoms with van der Waals surface area (Å²) in [6.45, 7) is 0. The molecule has 1 aliphatic rings. The SMILES string of the molecule is CSCCC1NC(=O)c2cc(NC(=O)c3ccc(-n4cnnn4)cc3)ccc2NC1=O. The Hall–Kier alpha value is -3.73. The van der Waals surface area contributed by atoms with E-state index in [0.717, 1.165) is 11.4 Å². The molecule has 3 aromatic rings. The summed E-state index contributed by atoms with van der Waals surface area (Å²) in [5, 5.41) is 19.3. The topological polar surface area (TPSA) is 131 Å². The van der Waals surface area contributed by atoms with Gasteiger partial charge in [0, 0.05) is 11.3 Å². The van der Waals surface area contributed by atoms with Crippen LogP contribution in [0.25, 0.3) is 5.69 Å². The lowest BCUT2D eigenvalue weighted by molar-refractivity contribution is -0.117. The molecule has 0 saturated carbocycles. The molecule has 0 fully saturated rings. The molecule has 1 unspecified atom stereocenters. The number of fused-ring (bicyclic) bond motifs is 1. The molecule has 0 bridgehead atoms. The van der Waals surface area contributed by atoms with E-state index in [1.54, 1.807) is 54.2 Å². The van der Waals surface area contributed by atoms with Crippen molar-refractivity contribution in [2.24, 2.45) is 0 Å². The Morgan fingerprint density at radius 2 is 2.00 bits per heavy atom. The van der Waals surface area contributed by atoms with Crippen LogP contribution in [0.15, 0.2) is 48.8 Å². The number of anilines is 2. The van der Waals surface area contributed by atoms with Gasteiger partial charge in [0.25, 0.3) is 11.8 Å². The van der Waals surface area contributed by atoms with Crippen molar-refractivity contribution in [2.45, 2.75) is 12.5 Å². The van der Waals surface area contributed by atoms with E-state index in [9.17, 15) is 14.4 Å². The zero-order chi connectivity index (χ0) is 21.8. The van der Waals surface area contributed by atoms with Gasteiger partial charge in [-0.05, 0) is 71.3 Å². The van der Waals surface area contributed by atoms with Crippen LogP contribution in [0.5, 0.6) is 0 Å². The van der Waals surface area contributed by atoms with Crippen molar-refractivity contribution >= 4 is 40.9 Å². The molecule has 1 aliphatic heterocycles. The van der Waals surface area contributed by atoms with Gasteiger partial charge in [0.05, 0.1) is 16.9 Å². The van der Waals surface area contributed by atoms with Crippen molar-refractivity contribution in [3.63, 3.8) is 0 Å². The van der Waals surface area contributed by atoms with Crippen molar-refractivity contribution in [1.29, 1.82) is 0 Å². The average Bonchev–Trinajstić information content (AvgIpc) is 3.28. The lowest BCUT2D eigenvalue weighted by Crippen LogP contribution is -2.41. The highest BCUT2D eigenvalue weighted by Crippen LogP contribution is 2.24. The number of aromatic nitrogens is 4. The quantitative estimate of drug-likeness (QED) is 0.535. The normalized spacial score (nSPS) is 15.5. The van der Waals surface area contributed by atoms with Crippen molar-refractivity contribution in [3.8, 4) is 5.69 Å². The maximum absolute atomic E-state index is 12.6. The van der Waals surface area contributed by atoms with Gasteiger partial charge in [-0.25, -0.2) is 4.68 Å². The van der Waals surface area contributed by atoms with Crippen LogP contribution in [0.2, 0.25) is 0 Å². The molecule has 0 aliphatic carbocycles. The van der Waals surface area contributed by atoms with Crippen molar-refractivity contribution in [2.75, 3.05) is 22.6 Å². The van der Waals surface area contributed by atoms with Crippen molar-refractivity contribution in [3.05, 3.63) is 59.9 Å². The first-order valence-electron chi connectivity index (χ1n) is 9.44. The van der Waals surface area contributed by atoms with Crippen molar-refractivity contribution < 1.29 is 14.4 Å². The van der Waals surface area contributed by atoms with Crippen LogP contribution in [-0.4, -0.2) is 56.0 Å². The van der Waals surface area contributed by atoms with Gasteiger partial charge in [0.1, 0.15) is 12.4 Å². The predicted octanol–water partition coefficient (Wildman–Crippen LogP) is 1.72. The molecular weight excluding hydrogens is 418 g/mol. The standard InChI is InChI=1S/C20H19N7O3S/c1-31-9-8-17-20(30)23-16-7-4-13(10-15(16)19(29)24-17)22-18(28)12-2-5-14(6-3-12)27-11-21-25-26-27/h2-7,10-11,17H,8-9H2,1H3,(H,22,28)(H,23,30)(H,24,29). The Labute approximate surface area is 181 Å². The summed E-state index contributed by atoms with van der Waals surface area (Å²) < 4.78 is 1.48. The fraction of sp³-hybridized carbons (Fsp3) is 0.200. The van der Waals surface area contributed by atoms with E-state index >= 15 is 0 Å². The average molecular weight is 437 g/mol. The molecule has 158 valence electrons. The van der Waals surface area contributed by atoms with Crippen LogP contribution >= 0.6 is 11.8 Å². The van der Waals surface area contributed by atoms with E-state index < -0.39 is 6.04 Å². The van der Waals surface area contributed by atoms with E-state index in [0.29, 0.717) is 28.9 Å². The van der Waals surface area contributed by atoms with E-state index in [4.69, 9.17) is 0 Å². The third-order valence-electron chi connectivity index (χ3n) is 4.76. The van der Waals surface area contributed by atoms with E-state index in [1.165, 1.54) is 11.0 Å². The minimum absolute atomic E-state index is 0.249. The Kier molecular flexibility index (Phi) is 5.94. The van der Waals surface area contributed by atoms with E-state index in [2.05, 4.69) is 31.5 Å². The number of thioether (sulfide) groups is 1. The summed E-state index contributed by atoms with van der Waals surface area (Å²) in [6.07, 6.45) is 3.94. The first-order valence-corrected chi connectivity index (χ1v) is 10.8. The predicted molar refractivity (Wildman–Crippen MR) is 116 cm³/mol. The molecule has 2 heterocycles. The maximum atomic E-state index is 12.6. The molecule has 0 saturated heterocycles. The number of rotatable bonds is 6. The number of benzene rings is 2. The van der Waals surface area contributed by atoms with Gasteiger partial charge in [-0.15, -0.1) is 5.10 Å². The van der Waals surface area contributed by atoms with Crippen LogP contribution < -0.4 is 16.0 Å². The number of nitrogens with one attached hydrogen (secondary N) is 3. The third kappa shape index (κ3) is 4.56. The van der Waals surface area contributed by atoms with Gasteiger partial charge in [-0.2, -0.15) is 11.8 Å². The maximum Gasteiger partial charge on any atom is 0.255 e. The molecule has 11 heteroatoms. The van der Waals surface area contributed by atoms with Gasteiger partial charge >= 0.3 is 0 Å². The van der Waals surface area contributed by atoms with Crippen molar-refractivity contribution in [1.82, 2.24) is 25.5 Å². The first-order chi connectivity index (χ1) is 15.0. The lowest BCUT2D eigenvalue weighted by Gasteiger charge is -2.13. The van der Waals surface area contributed by atoms with E-state index in [-0.39, 0.29) is 17.7 Å². The molecule has 1 atom stereocenters. The second-order valence-corrected chi connectivity index (χ2v) is 7.80. The molecule has 3 amide bonds. The Bertz CT molecular complexity index is 1120. The molecule has 2 aromatic carbocycles. The monoisotopic (exact) mass is 437 g/mol. The summed E-state index contributed by atoms with van der Waals surface area (Å²) in [6, 6.07) is 11.0. The largest absolute Gasteiger partial charge is 0.340 e. The Morgan fingerprint density at radius 1 is 1.19 bits per heavy atom. The number of hydrogen-bond donors (Lipinski definition) is 3. The highest BCUT2D eigenvalue weighted by atomic mass is 32.2. The third-order valence-corrected chi connectivity index (χ3v) is 5.40. The minimum Gasteiger partial charge on any atom is -0.340 e. The molecular formula is C20H19N7O3S. The van der Waals surface area contributed by atoms with Gasteiger partial charge in [-0.3, -0.25) is 14.4 Å². The molecule has 1 aromatic heterocycles. The summed E-state index contributed by atoms with van der Waals surface area (Å²) in [5.74, 6) is -0.191. The Morgan fingerprint density at radius 3 is 2.71 bits per heavy atom. The second-order valence-electron chi connectivity index (χ2n) is 6.81. The van der Waals surface area contributed by atoms with Crippen LogP contribution in [-0.2, 0) is 4.79 Å². The van der Waals surface area contributed by atoms with Crippen LogP contribution in [0.1, 0.15) is 27.1 Å². The van der Waals surface area contributed by atoms with Gasteiger partial charge < -0.3 is 16.0 Å². The molecule has 10 nitrogen and oxygen atoms in total. The zero-order valence-corrected chi connectivity index (χ0v) is 17.3. The molecule has 4 rings (SSSR count). The minimum atomic E-state index is -0.593. The zero-order valence-electron chi connectivity index (χ0n) is 16.5. The molecule has 0 spiro atoms. The van der Waals surface area contributed by atoms with Crippen LogP contribution in [0.4, 0.5) is 11.4 Å². The Balaban J connectivity index is 1.49.